The van der Waals surface area contributed by atoms with Gasteiger partial charge in [0.25, 0.3) is 5.56 Å². The lowest BCUT2D eigenvalue weighted by Gasteiger charge is -2.16. The number of pyridine rings is 2. The van der Waals surface area contributed by atoms with E-state index in [1.807, 2.05) is 31.5 Å². The monoisotopic (exact) mass is 461 g/mol. The maximum Gasteiger partial charge on any atom is 0.261 e. The van der Waals surface area contributed by atoms with Crippen molar-refractivity contribution >= 4 is 44.1 Å². The van der Waals surface area contributed by atoms with Crippen LogP contribution >= 0.6 is 11.3 Å². The fourth-order valence-corrected chi connectivity index (χ4v) is 4.50. The molecule has 11 heteroatoms. The van der Waals surface area contributed by atoms with Crippen molar-refractivity contribution in [3.8, 4) is 11.4 Å². The molecule has 0 aliphatic rings. The number of fused-ring (bicyclic) bond motifs is 2. The third-order valence-corrected chi connectivity index (χ3v) is 6.17. The molecule has 0 aliphatic carbocycles. The summed E-state index contributed by atoms with van der Waals surface area (Å²) in [5.74, 6) is 1.84. The Hall–Kier alpha value is -3.83. The van der Waals surface area contributed by atoms with Crippen LogP contribution < -0.4 is 21.5 Å². The van der Waals surface area contributed by atoms with Crippen LogP contribution in [0, 0.1) is 0 Å². The molecule has 0 aliphatic heterocycles. The van der Waals surface area contributed by atoms with Gasteiger partial charge in [-0.3, -0.25) is 4.79 Å². The highest BCUT2D eigenvalue weighted by Gasteiger charge is 2.21. The van der Waals surface area contributed by atoms with Gasteiger partial charge in [0, 0.05) is 31.5 Å². The Morgan fingerprint density at radius 1 is 1.12 bits per heavy atom. The van der Waals surface area contributed by atoms with E-state index >= 15 is 0 Å². The molecule has 0 unspecified atom stereocenters. The standard InChI is InChI=1S/C22H23N9OS/c1-12(20-25-5-3-6-26-20)28-18-17(22(32)31-13-4-9-33-19(13)18)21-29-14-10-16(24-8-7-23-2)27-11-15(14)30-21/h3-6,9-12,23H,7-8H2,1-2H3,(H,24,27)(H,29,30)(H2,28,31,32)/t12-/m0/s1. The molecule has 10 nitrogen and oxygen atoms in total. The summed E-state index contributed by atoms with van der Waals surface area (Å²) in [6.45, 7) is 3.53. The normalized spacial score (nSPS) is 12.3. The first-order chi connectivity index (χ1) is 16.1. The molecule has 5 heterocycles. The summed E-state index contributed by atoms with van der Waals surface area (Å²) in [5.41, 5.74) is 3.15. The van der Waals surface area contributed by atoms with E-state index in [0.717, 1.165) is 40.2 Å². The van der Waals surface area contributed by atoms with Gasteiger partial charge in [0.2, 0.25) is 0 Å². The molecule has 0 aromatic carbocycles. The van der Waals surface area contributed by atoms with E-state index < -0.39 is 0 Å². The van der Waals surface area contributed by atoms with Crippen LogP contribution in [0.1, 0.15) is 18.8 Å². The van der Waals surface area contributed by atoms with Crippen LogP contribution in [-0.4, -0.2) is 50.0 Å². The Morgan fingerprint density at radius 2 is 1.97 bits per heavy atom. The predicted molar refractivity (Wildman–Crippen MR) is 132 cm³/mol. The zero-order chi connectivity index (χ0) is 22.8. The molecule has 5 rings (SSSR count). The number of likely N-dealkylation sites (N-methyl/N-ethyl adjacent to an activating group) is 1. The SMILES string of the molecule is CNCCNc1cc2nc(-c3c(N[C@@H](C)c4ncccn4)c4sccc4[nH]c3=O)[nH]c2cn1. The summed E-state index contributed by atoms with van der Waals surface area (Å²) in [6.07, 6.45) is 5.13. The van der Waals surface area contributed by atoms with Crippen molar-refractivity contribution in [3.05, 3.63) is 58.3 Å². The average molecular weight is 462 g/mol. The molecule has 168 valence electrons. The van der Waals surface area contributed by atoms with Crippen LogP contribution in [0.3, 0.4) is 0 Å². The van der Waals surface area contributed by atoms with Crippen LogP contribution in [0.2, 0.25) is 0 Å². The summed E-state index contributed by atoms with van der Waals surface area (Å²) in [7, 11) is 1.90. The topological polar surface area (TPSA) is 136 Å². The number of anilines is 2. The highest BCUT2D eigenvalue weighted by Crippen LogP contribution is 2.35. The van der Waals surface area contributed by atoms with Crippen molar-refractivity contribution < 1.29 is 0 Å². The van der Waals surface area contributed by atoms with Crippen LogP contribution in [0.25, 0.3) is 32.6 Å². The van der Waals surface area contributed by atoms with Crippen LogP contribution in [0.4, 0.5) is 11.5 Å². The van der Waals surface area contributed by atoms with Crippen molar-refractivity contribution in [2.75, 3.05) is 30.8 Å². The second-order valence-electron chi connectivity index (χ2n) is 7.54. The van der Waals surface area contributed by atoms with E-state index in [1.54, 1.807) is 36.0 Å². The maximum absolute atomic E-state index is 13.2. The summed E-state index contributed by atoms with van der Waals surface area (Å²) in [5, 5.41) is 11.7. The zero-order valence-electron chi connectivity index (χ0n) is 18.1. The number of aromatic amines is 2. The summed E-state index contributed by atoms with van der Waals surface area (Å²) in [6, 6.07) is 5.32. The molecule has 0 bridgehead atoms. The second-order valence-corrected chi connectivity index (χ2v) is 8.46. The van der Waals surface area contributed by atoms with Gasteiger partial charge in [-0.2, -0.15) is 0 Å². The van der Waals surface area contributed by atoms with Crippen molar-refractivity contribution in [2.24, 2.45) is 0 Å². The minimum atomic E-state index is -0.232. The number of aromatic nitrogens is 6. The highest BCUT2D eigenvalue weighted by atomic mass is 32.1. The Bertz CT molecular complexity index is 1460. The van der Waals surface area contributed by atoms with Gasteiger partial charge >= 0.3 is 0 Å². The summed E-state index contributed by atoms with van der Waals surface area (Å²) >= 11 is 1.55. The van der Waals surface area contributed by atoms with Gasteiger partial charge < -0.3 is 25.9 Å². The number of hydrogen-bond acceptors (Lipinski definition) is 9. The minimum Gasteiger partial charge on any atom is -0.373 e. The molecular weight excluding hydrogens is 438 g/mol. The van der Waals surface area contributed by atoms with E-state index in [2.05, 4.69) is 40.9 Å². The molecule has 1 atom stereocenters. The van der Waals surface area contributed by atoms with Gasteiger partial charge in [0.15, 0.2) is 0 Å². The molecule has 0 radical (unpaired) electrons. The lowest BCUT2D eigenvalue weighted by atomic mass is 10.1. The fourth-order valence-electron chi connectivity index (χ4n) is 3.63. The number of imidazole rings is 1. The fraction of sp³-hybridized carbons (Fsp3) is 0.227. The number of H-pyrrole nitrogens is 2. The molecule has 5 N–H and O–H groups in total. The van der Waals surface area contributed by atoms with Gasteiger partial charge in [-0.25, -0.2) is 19.9 Å². The van der Waals surface area contributed by atoms with Gasteiger partial charge in [-0.05, 0) is 31.5 Å². The van der Waals surface area contributed by atoms with E-state index in [-0.39, 0.29) is 11.6 Å². The Morgan fingerprint density at radius 3 is 2.79 bits per heavy atom. The second kappa shape index (κ2) is 8.96. The first-order valence-corrected chi connectivity index (χ1v) is 11.4. The summed E-state index contributed by atoms with van der Waals surface area (Å²) in [4.78, 5) is 37.2. The average Bonchev–Trinajstić information content (AvgIpc) is 3.46. The molecule has 0 saturated carbocycles. The largest absolute Gasteiger partial charge is 0.373 e. The minimum absolute atomic E-state index is 0.217. The number of thiophene rings is 1. The first-order valence-electron chi connectivity index (χ1n) is 10.6. The molecule has 0 spiro atoms. The molecule has 0 amide bonds. The van der Waals surface area contributed by atoms with Crippen molar-refractivity contribution in [2.45, 2.75) is 13.0 Å². The maximum atomic E-state index is 13.2. The van der Waals surface area contributed by atoms with Crippen molar-refractivity contribution in [1.29, 1.82) is 0 Å². The lowest BCUT2D eigenvalue weighted by molar-refractivity contribution is 0.790. The Kier molecular flexibility index (Phi) is 5.71. The molecular formula is C22H23N9OS. The lowest BCUT2D eigenvalue weighted by Crippen LogP contribution is -2.18. The van der Waals surface area contributed by atoms with Gasteiger partial charge in [0.05, 0.1) is 39.2 Å². The molecule has 5 aromatic heterocycles. The van der Waals surface area contributed by atoms with Crippen molar-refractivity contribution in [3.63, 3.8) is 0 Å². The molecule has 0 fully saturated rings. The molecule has 33 heavy (non-hydrogen) atoms. The van der Waals surface area contributed by atoms with Crippen LogP contribution in [-0.2, 0) is 0 Å². The number of rotatable bonds is 8. The van der Waals surface area contributed by atoms with E-state index in [4.69, 9.17) is 4.98 Å². The quantitative estimate of drug-likeness (QED) is 0.222. The van der Waals surface area contributed by atoms with Crippen molar-refractivity contribution in [1.82, 2.24) is 35.2 Å². The third kappa shape index (κ3) is 4.15. The van der Waals surface area contributed by atoms with E-state index in [1.165, 1.54) is 0 Å². The third-order valence-electron chi connectivity index (χ3n) is 5.24. The van der Waals surface area contributed by atoms with Crippen LogP contribution in [0.15, 0.2) is 47.0 Å². The molecule has 5 aromatic rings. The van der Waals surface area contributed by atoms with Gasteiger partial charge in [-0.15, -0.1) is 11.3 Å². The molecule has 0 saturated heterocycles. The van der Waals surface area contributed by atoms with E-state index in [9.17, 15) is 4.79 Å². The van der Waals surface area contributed by atoms with E-state index in [0.29, 0.717) is 22.9 Å². The van der Waals surface area contributed by atoms with Gasteiger partial charge in [-0.1, -0.05) is 0 Å². The Labute approximate surface area is 192 Å². The zero-order valence-corrected chi connectivity index (χ0v) is 19.0. The number of nitrogens with zero attached hydrogens (tertiary/aromatic N) is 4. The van der Waals surface area contributed by atoms with Crippen LogP contribution in [0.5, 0.6) is 0 Å². The van der Waals surface area contributed by atoms with Gasteiger partial charge in [0.1, 0.15) is 23.0 Å². The number of nitrogens with one attached hydrogen (secondary N) is 5. The summed E-state index contributed by atoms with van der Waals surface area (Å²) < 4.78 is 0.931. The first kappa shape index (κ1) is 21.0. The predicted octanol–water partition coefficient (Wildman–Crippen LogP) is 3.12. The Balaban J connectivity index is 1.59. The number of hydrogen-bond donors (Lipinski definition) is 5. The smallest absolute Gasteiger partial charge is 0.261 e. The highest BCUT2D eigenvalue weighted by molar-refractivity contribution is 7.17.